The molecular formula is C30H22ClF7N2O2. The van der Waals surface area contributed by atoms with Gasteiger partial charge in [0.15, 0.2) is 0 Å². The van der Waals surface area contributed by atoms with E-state index in [1.165, 1.54) is 60.8 Å². The molecule has 1 amide bonds. The summed E-state index contributed by atoms with van der Waals surface area (Å²) in [4.78, 5) is 17.8. The first-order valence-electron chi connectivity index (χ1n) is 12.3. The fourth-order valence-electron chi connectivity index (χ4n) is 4.87. The summed E-state index contributed by atoms with van der Waals surface area (Å²) in [5, 5.41) is 2.40. The number of pyridine rings is 1. The van der Waals surface area contributed by atoms with Gasteiger partial charge in [0.25, 0.3) is 11.5 Å². The maximum absolute atomic E-state index is 14.8. The topological polar surface area (TPSA) is 51.2 Å². The van der Waals surface area contributed by atoms with Gasteiger partial charge in [-0.3, -0.25) is 9.78 Å². The molecule has 0 spiro atoms. The van der Waals surface area contributed by atoms with Gasteiger partial charge in [-0.2, -0.15) is 26.3 Å². The number of carbonyl (C=O) groups is 1. The molecule has 0 bridgehead atoms. The van der Waals surface area contributed by atoms with Crippen molar-refractivity contribution in [1.29, 1.82) is 0 Å². The largest absolute Gasteiger partial charge is 0.430 e. The first-order chi connectivity index (χ1) is 19.8. The molecule has 0 aliphatic rings. The predicted molar refractivity (Wildman–Crippen MR) is 141 cm³/mol. The zero-order chi connectivity index (χ0) is 30.8. The van der Waals surface area contributed by atoms with E-state index in [0.717, 1.165) is 18.2 Å². The van der Waals surface area contributed by atoms with E-state index in [2.05, 4.69) is 10.3 Å². The molecule has 220 valence electrons. The SMILES string of the molecule is CO[C@](C(=O)NCC(c1ccccc1)(c1cc(F)cc(C(F)(F)F)c1)c1ccc(Cl)cn1)(c1ccccc1)C(F)(F)F. The van der Waals surface area contributed by atoms with Crippen molar-refractivity contribution in [1.82, 2.24) is 10.3 Å². The number of carbonyl (C=O) groups excluding carboxylic acids is 1. The second-order valence-corrected chi connectivity index (χ2v) is 9.73. The third-order valence-corrected chi connectivity index (χ3v) is 7.09. The van der Waals surface area contributed by atoms with Crippen LogP contribution in [0, 0.1) is 5.82 Å². The lowest BCUT2D eigenvalue weighted by molar-refractivity contribution is -0.265. The minimum atomic E-state index is -5.26. The lowest BCUT2D eigenvalue weighted by atomic mass is 9.71. The summed E-state index contributed by atoms with van der Waals surface area (Å²) in [6.07, 6.45) is -9.05. The van der Waals surface area contributed by atoms with Crippen molar-refractivity contribution in [2.45, 2.75) is 23.4 Å². The van der Waals surface area contributed by atoms with Crippen LogP contribution in [0.4, 0.5) is 30.7 Å². The van der Waals surface area contributed by atoms with E-state index in [4.69, 9.17) is 16.3 Å². The van der Waals surface area contributed by atoms with Gasteiger partial charge in [0.2, 0.25) is 0 Å². The van der Waals surface area contributed by atoms with Crippen molar-refractivity contribution in [3.05, 3.63) is 136 Å². The Bertz CT molecular complexity index is 1530. The number of nitrogens with one attached hydrogen (secondary N) is 1. The first kappa shape index (κ1) is 31.0. The summed E-state index contributed by atoms with van der Waals surface area (Å²) in [6, 6.07) is 18.3. The number of hydrogen-bond donors (Lipinski definition) is 1. The fourth-order valence-corrected chi connectivity index (χ4v) is 4.98. The van der Waals surface area contributed by atoms with Gasteiger partial charge in [0, 0.05) is 25.4 Å². The van der Waals surface area contributed by atoms with Crippen LogP contribution >= 0.6 is 11.6 Å². The maximum Gasteiger partial charge on any atom is 0.430 e. The molecule has 1 N–H and O–H groups in total. The van der Waals surface area contributed by atoms with Gasteiger partial charge < -0.3 is 10.1 Å². The predicted octanol–water partition coefficient (Wildman–Crippen LogP) is 7.45. The number of halogens is 8. The average molecular weight is 611 g/mol. The Morgan fingerprint density at radius 2 is 1.38 bits per heavy atom. The number of amides is 1. The van der Waals surface area contributed by atoms with E-state index in [9.17, 15) is 35.5 Å². The molecule has 0 radical (unpaired) electrons. The molecule has 0 fully saturated rings. The van der Waals surface area contributed by atoms with Gasteiger partial charge in [-0.05, 0) is 41.5 Å². The molecule has 0 saturated carbocycles. The van der Waals surface area contributed by atoms with Crippen LogP contribution in [0.3, 0.4) is 0 Å². The summed E-state index contributed by atoms with van der Waals surface area (Å²) in [5.74, 6) is -2.91. The molecule has 12 heteroatoms. The van der Waals surface area contributed by atoms with Crippen molar-refractivity contribution in [2.75, 3.05) is 13.7 Å². The van der Waals surface area contributed by atoms with E-state index in [-0.39, 0.29) is 21.8 Å². The van der Waals surface area contributed by atoms with E-state index < -0.39 is 52.8 Å². The first-order valence-corrected chi connectivity index (χ1v) is 12.6. The highest BCUT2D eigenvalue weighted by atomic mass is 35.5. The smallest absolute Gasteiger partial charge is 0.356 e. The number of rotatable bonds is 8. The van der Waals surface area contributed by atoms with Gasteiger partial charge in [0.05, 0.1) is 21.7 Å². The molecule has 1 unspecified atom stereocenters. The Morgan fingerprint density at radius 1 is 0.810 bits per heavy atom. The zero-order valence-electron chi connectivity index (χ0n) is 21.7. The van der Waals surface area contributed by atoms with Gasteiger partial charge >= 0.3 is 12.4 Å². The Balaban J connectivity index is 1.97. The molecule has 4 aromatic rings. The Hall–Kier alpha value is -3.96. The summed E-state index contributed by atoms with van der Waals surface area (Å²) >= 11 is 6.01. The van der Waals surface area contributed by atoms with Crippen molar-refractivity contribution in [3.63, 3.8) is 0 Å². The number of alkyl halides is 6. The quantitative estimate of drug-likeness (QED) is 0.211. The maximum atomic E-state index is 14.8. The Kier molecular flexibility index (Phi) is 8.65. The minimum Gasteiger partial charge on any atom is -0.356 e. The van der Waals surface area contributed by atoms with Crippen LogP contribution in [0.15, 0.2) is 97.2 Å². The minimum absolute atomic E-state index is 0.0214. The molecule has 3 aromatic carbocycles. The fraction of sp³-hybridized carbons (Fsp3) is 0.200. The van der Waals surface area contributed by atoms with Crippen LogP contribution in [0.5, 0.6) is 0 Å². The highest BCUT2D eigenvalue weighted by molar-refractivity contribution is 6.30. The number of methoxy groups -OCH3 is 1. The molecule has 2 atom stereocenters. The van der Waals surface area contributed by atoms with E-state index in [1.54, 1.807) is 6.07 Å². The third kappa shape index (κ3) is 5.71. The van der Waals surface area contributed by atoms with Gasteiger partial charge in [-0.15, -0.1) is 0 Å². The number of nitrogens with zero attached hydrogens (tertiary/aromatic N) is 1. The number of aromatic nitrogens is 1. The molecule has 4 rings (SSSR count). The van der Waals surface area contributed by atoms with Crippen molar-refractivity contribution in [2.24, 2.45) is 0 Å². The van der Waals surface area contributed by atoms with Crippen LogP contribution in [-0.2, 0) is 26.7 Å². The lowest BCUT2D eigenvalue weighted by Crippen LogP contribution is -2.57. The van der Waals surface area contributed by atoms with Crippen LogP contribution < -0.4 is 5.32 Å². The van der Waals surface area contributed by atoms with Crippen LogP contribution in [-0.4, -0.2) is 30.7 Å². The van der Waals surface area contributed by atoms with Crippen LogP contribution in [0.2, 0.25) is 5.02 Å². The molecule has 1 aromatic heterocycles. The second-order valence-electron chi connectivity index (χ2n) is 9.29. The van der Waals surface area contributed by atoms with Crippen molar-refractivity contribution in [3.8, 4) is 0 Å². The average Bonchev–Trinajstić information content (AvgIpc) is 2.94. The number of ether oxygens (including phenoxy) is 1. The van der Waals surface area contributed by atoms with Gasteiger partial charge in [-0.1, -0.05) is 72.3 Å². The Labute approximate surface area is 241 Å². The summed E-state index contributed by atoms with van der Waals surface area (Å²) in [6.45, 7) is -0.779. The molecule has 0 saturated heterocycles. The molecule has 1 heterocycles. The second kappa shape index (κ2) is 11.7. The molecule has 0 aliphatic heterocycles. The van der Waals surface area contributed by atoms with E-state index >= 15 is 0 Å². The molecule has 0 aliphatic carbocycles. The summed E-state index contributed by atoms with van der Waals surface area (Å²) in [5.41, 5.74) is -7.43. The highest BCUT2D eigenvalue weighted by Gasteiger charge is 2.63. The van der Waals surface area contributed by atoms with Crippen molar-refractivity contribution < 1.29 is 40.3 Å². The normalized spacial score (nSPS) is 15.0. The molecule has 42 heavy (non-hydrogen) atoms. The number of benzene rings is 3. The van der Waals surface area contributed by atoms with E-state index in [1.807, 2.05) is 0 Å². The van der Waals surface area contributed by atoms with Crippen LogP contribution in [0.1, 0.15) is 27.9 Å². The monoisotopic (exact) mass is 610 g/mol. The Morgan fingerprint density at radius 3 is 1.88 bits per heavy atom. The molecule has 4 nitrogen and oxygen atoms in total. The van der Waals surface area contributed by atoms with Gasteiger partial charge in [-0.25, -0.2) is 4.39 Å². The van der Waals surface area contributed by atoms with Crippen molar-refractivity contribution >= 4 is 17.5 Å². The van der Waals surface area contributed by atoms with E-state index in [0.29, 0.717) is 19.2 Å². The van der Waals surface area contributed by atoms with Gasteiger partial charge in [0.1, 0.15) is 5.82 Å². The third-order valence-electron chi connectivity index (χ3n) is 6.87. The number of hydrogen-bond acceptors (Lipinski definition) is 3. The highest BCUT2D eigenvalue weighted by Crippen LogP contribution is 2.44. The lowest BCUT2D eigenvalue weighted by Gasteiger charge is -2.38. The summed E-state index contributed by atoms with van der Waals surface area (Å²) < 4.78 is 105. The van der Waals surface area contributed by atoms with Crippen LogP contribution in [0.25, 0.3) is 0 Å². The summed E-state index contributed by atoms with van der Waals surface area (Å²) in [7, 11) is 0.716. The standard InChI is InChI=1S/C30H22ClF7N2O2/c1-42-28(30(36,37)38,20-10-6-3-7-11-20)26(41)40-18-27(19-8-4-2-5-9-19,25-13-12-23(31)17-39-25)21-14-22(29(33,34)35)16-24(32)15-21/h2-17H,18H2,1H3,(H,40,41)/t27?,28-/m0/s1. The zero-order valence-corrected chi connectivity index (χ0v) is 22.5. The molecular weight excluding hydrogens is 589 g/mol.